The number of halogens is 1. The minimum atomic E-state index is 0.201. The maximum atomic E-state index is 6.04. The van der Waals surface area contributed by atoms with Gasteiger partial charge in [-0.05, 0) is 19.3 Å². The van der Waals surface area contributed by atoms with Crippen LogP contribution in [0.15, 0.2) is 0 Å². The van der Waals surface area contributed by atoms with Gasteiger partial charge in [0.15, 0.2) is 0 Å². The van der Waals surface area contributed by atoms with E-state index in [4.69, 9.17) is 4.74 Å². The van der Waals surface area contributed by atoms with E-state index in [9.17, 15) is 0 Å². The Labute approximate surface area is 96.7 Å². The van der Waals surface area contributed by atoms with Gasteiger partial charge in [0.2, 0.25) is 0 Å². The Morgan fingerprint density at radius 3 is 2.43 bits per heavy atom. The molecule has 0 aromatic rings. The van der Waals surface area contributed by atoms with Gasteiger partial charge in [0.05, 0.1) is 5.60 Å². The number of unbranched alkanes of at least 4 members (excludes halogenated alkanes) is 3. The summed E-state index contributed by atoms with van der Waals surface area (Å²) >= 11 is 3.59. The monoisotopic (exact) mass is 262 g/mol. The molecule has 0 atom stereocenters. The molecule has 1 rings (SSSR count). The van der Waals surface area contributed by atoms with E-state index in [1.807, 2.05) is 0 Å². The SMILES string of the molecule is CCCCCCOC1(CBr)CCCC1. The number of alkyl halides is 1. The van der Waals surface area contributed by atoms with Gasteiger partial charge in [-0.25, -0.2) is 0 Å². The highest BCUT2D eigenvalue weighted by Gasteiger charge is 2.33. The second kappa shape index (κ2) is 6.84. The first-order valence-corrected chi connectivity index (χ1v) is 7.15. The Morgan fingerprint density at radius 2 is 1.86 bits per heavy atom. The minimum Gasteiger partial charge on any atom is -0.374 e. The van der Waals surface area contributed by atoms with Gasteiger partial charge in [-0.3, -0.25) is 0 Å². The predicted molar refractivity (Wildman–Crippen MR) is 65.1 cm³/mol. The van der Waals surface area contributed by atoms with Crippen LogP contribution in [-0.2, 0) is 4.74 Å². The Morgan fingerprint density at radius 1 is 1.14 bits per heavy atom. The molecule has 0 radical (unpaired) electrons. The average Bonchev–Trinajstić information content (AvgIpc) is 2.67. The molecule has 1 fully saturated rings. The maximum absolute atomic E-state index is 6.04. The van der Waals surface area contributed by atoms with E-state index < -0.39 is 0 Å². The second-order valence-electron chi connectivity index (χ2n) is 4.43. The fourth-order valence-corrected chi connectivity index (χ4v) is 2.88. The molecule has 0 aromatic heterocycles. The third kappa shape index (κ3) is 3.90. The van der Waals surface area contributed by atoms with E-state index in [2.05, 4.69) is 22.9 Å². The Balaban J connectivity index is 2.08. The normalized spacial score (nSPS) is 20.1. The van der Waals surface area contributed by atoms with Crippen LogP contribution in [0.3, 0.4) is 0 Å². The first-order chi connectivity index (χ1) is 6.83. The van der Waals surface area contributed by atoms with E-state index in [0.717, 1.165) is 11.9 Å². The molecule has 0 bridgehead atoms. The number of hydrogen-bond donors (Lipinski definition) is 0. The lowest BCUT2D eigenvalue weighted by Gasteiger charge is -2.27. The Kier molecular flexibility index (Phi) is 6.11. The summed E-state index contributed by atoms with van der Waals surface area (Å²) < 4.78 is 6.04. The molecule has 1 aliphatic carbocycles. The molecular weight excluding hydrogens is 240 g/mol. The molecule has 1 saturated carbocycles. The Hall–Kier alpha value is 0.440. The zero-order chi connectivity index (χ0) is 10.3. The molecule has 0 unspecified atom stereocenters. The summed E-state index contributed by atoms with van der Waals surface area (Å²) in [5.74, 6) is 0. The summed E-state index contributed by atoms with van der Waals surface area (Å²) in [7, 11) is 0. The molecule has 84 valence electrons. The molecule has 0 spiro atoms. The van der Waals surface area contributed by atoms with Gasteiger partial charge in [0, 0.05) is 11.9 Å². The molecule has 0 aliphatic heterocycles. The molecular formula is C12H23BrO. The van der Waals surface area contributed by atoms with E-state index in [1.165, 1.54) is 51.4 Å². The smallest absolute Gasteiger partial charge is 0.0778 e. The lowest BCUT2D eigenvalue weighted by atomic mass is 10.1. The summed E-state index contributed by atoms with van der Waals surface area (Å²) in [4.78, 5) is 0. The van der Waals surface area contributed by atoms with Gasteiger partial charge in [0.1, 0.15) is 0 Å². The fourth-order valence-electron chi connectivity index (χ4n) is 2.15. The van der Waals surface area contributed by atoms with Gasteiger partial charge < -0.3 is 4.74 Å². The third-order valence-corrected chi connectivity index (χ3v) is 4.19. The molecule has 2 heteroatoms. The summed E-state index contributed by atoms with van der Waals surface area (Å²) in [5, 5.41) is 1.02. The molecule has 14 heavy (non-hydrogen) atoms. The highest BCUT2D eigenvalue weighted by Crippen LogP contribution is 2.34. The summed E-state index contributed by atoms with van der Waals surface area (Å²) in [5.41, 5.74) is 0.201. The van der Waals surface area contributed by atoms with Crippen LogP contribution in [0.4, 0.5) is 0 Å². The fraction of sp³-hybridized carbons (Fsp3) is 1.00. The van der Waals surface area contributed by atoms with Gasteiger partial charge in [-0.1, -0.05) is 55.0 Å². The summed E-state index contributed by atoms with van der Waals surface area (Å²) in [6, 6.07) is 0. The van der Waals surface area contributed by atoms with E-state index >= 15 is 0 Å². The van der Waals surface area contributed by atoms with Gasteiger partial charge in [-0.15, -0.1) is 0 Å². The first-order valence-electron chi connectivity index (χ1n) is 6.03. The van der Waals surface area contributed by atoms with Crippen LogP contribution in [0, 0.1) is 0 Å². The number of hydrogen-bond acceptors (Lipinski definition) is 1. The van der Waals surface area contributed by atoms with Crippen LogP contribution in [0.1, 0.15) is 58.3 Å². The van der Waals surface area contributed by atoms with E-state index in [0.29, 0.717) is 0 Å². The van der Waals surface area contributed by atoms with Crippen molar-refractivity contribution >= 4 is 15.9 Å². The zero-order valence-corrected chi connectivity index (χ0v) is 10.9. The standard InChI is InChI=1S/C12H23BrO/c1-2-3-4-7-10-14-12(11-13)8-5-6-9-12/h2-11H2,1H3. The second-order valence-corrected chi connectivity index (χ2v) is 4.99. The lowest BCUT2D eigenvalue weighted by Crippen LogP contribution is -2.31. The van der Waals surface area contributed by atoms with Crippen LogP contribution in [-0.4, -0.2) is 17.5 Å². The molecule has 0 heterocycles. The molecule has 1 nitrogen and oxygen atoms in total. The highest BCUT2D eigenvalue weighted by molar-refractivity contribution is 9.09. The van der Waals surface area contributed by atoms with Crippen molar-refractivity contribution in [2.24, 2.45) is 0 Å². The van der Waals surface area contributed by atoms with Crippen LogP contribution in [0.25, 0.3) is 0 Å². The van der Waals surface area contributed by atoms with Crippen LogP contribution in [0.5, 0.6) is 0 Å². The molecule has 0 saturated heterocycles. The Bertz CT molecular complexity index is 141. The van der Waals surface area contributed by atoms with Crippen LogP contribution in [0.2, 0.25) is 0 Å². The van der Waals surface area contributed by atoms with Crippen LogP contribution < -0.4 is 0 Å². The van der Waals surface area contributed by atoms with E-state index in [-0.39, 0.29) is 5.60 Å². The average molecular weight is 263 g/mol. The lowest BCUT2D eigenvalue weighted by molar-refractivity contribution is -0.0230. The van der Waals surface area contributed by atoms with Gasteiger partial charge in [-0.2, -0.15) is 0 Å². The van der Waals surface area contributed by atoms with Crippen molar-refractivity contribution in [1.29, 1.82) is 0 Å². The van der Waals surface area contributed by atoms with Crippen molar-refractivity contribution in [3.8, 4) is 0 Å². The van der Waals surface area contributed by atoms with Gasteiger partial charge >= 0.3 is 0 Å². The molecule has 0 N–H and O–H groups in total. The maximum Gasteiger partial charge on any atom is 0.0778 e. The topological polar surface area (TPSA) is 9.23 Å². The molecule has 0 amide bonds. The predicted octanol–water partition coefficient (Wildman–Crippen LogP) is 4.29. The third-order valence-electron chi connectivity index (χ3n) is 3.16. The van der Waals surface area contributed by atoms with Crippen molar-refractivity contribution in [2.45, 2.75) is 63.9 Å². The zero-order valence-electron chi connectivity index (χ0n) is 9.36. The van der Waals surface area contributed by atoms with Gasteiger partial charge in [0.25, 0.3) is 0 Å². The van der Waals surface area contributed by atoms with E-state index in [1.54, 1.807) is 0 Å². The van der Waals surface area contributed by atoms with Crippen LogP contribution >= 0.6 is 15.9 Å². The quantitative estimate of drug-likeness (QED) is 0.491. The number of ether oxygens (including phenoxy) is 1. The summed E-state index contributed by atoms with van der Waals surface area (Å²) in [6.07, 6.45) is 10.4. The van der Waals surface area contributed by atoms with Crippen molar-refractivity contribution < 1.29 is 4.74 Å². The minimum absolute atomic E-state index is 0.201. The highest BCUT2D eigenvalue weighted by atomic mass is 79.9. The largest absolute Gasteiger partial charge is 0.374 e. The first kappa shape index (κ1) is 12.5. The van der Waals surface area contributed by atoms with Crippen molar-refractivity contribution in [1.82, 2.24) is 0 Å². The number of rotatable bonds is 7. The van der Waals surface area contributed by atoms with Crippen molar-refractivity contribution in [2.75, 3.05) is 11.9 Å². The summed E-state index contributed by atoms with van der Waals surface area (Å²) in [6.45, 7) is 3.21. The molecule has 0 aromatic carbocycles. The van der Waals surface area contributed by atoms with Crippen molar-refractivity contribution in [3.05, 3.63) is 0 Å². The molecule has 1 aliphatic rings. The van der Waals surface area contributed by atoms with Crippen molar-refractivity contribution in [3.63, 3.8) is 0 Å².